The Morgan fingerprint density at radius 2 is 2.14 bits per heavy atom. The molecule has 1 aromatic carbocycles. The predicted molar refractivity (Wildman–Crippen MR) is 81.6 cm³/mol. The molecule has 0 saturated heterocycles. The van der Waals surface area contributed by atoms with Crippen molar-refractivity contribution < 1.29 is 14.1 Å². The van der Waals surface area contributed by atoms with Gasteiger partial charge < -0.3 is 14.6 Å². The molecule has 1 N–H and O–H groups in total. The number of methoxy groups -OCH3 is 1. The number of ether oxygens (including phenoxy) is 1. The van der Waals surface area contributed by atoms with Crippen LogP contribution in [0, 0.1) is 0 Å². The van der Waals surface area contributed by atoms with E-state index >= 15 is 0 Å². The first-order valence-corrected chi connectivity index (χ1v) is 7.29. The lowest BCUT2D eigenvalue weighted by Crippen LogP contribution is -2.26. The Labute approximate surface area is 129 Å². The monoisotopic (exact) mass is 303 g/mol. The van der Waals surface area contributed by atoms with E-state index in [1.54, 1.807) is 13.2 Å². The van der Waals surface area contributed by atoms with Crippen LogP contribution in [0.1, 0.15) is 47.4 Å². The summed E-state index contributed by atoms with van der Waals surface area (Å²) in [6.07, 6.45) is 0.512. The molecule has 0 aliphatic heterocycles. The van der Waals surface area contributed by atoms with E-state index in [4.69, 9.17) is 9.26 Å². The predicted octanol–water partition coefficient (Wildman–Crippen LogP) is 2.31. The zero-order valence-electron chi connectivity index (χ0n) is 13.1. The second kappa shape index (κ2) is 7.70. The fourth-order valence-corrected chi connectivity index (χ4v) is 2.01. The van der Waals surface area contributed by atoms with Gasteiger partial charge in [-0.1, -0.05) is 37.2 Å². The Balaban J connectivity index is 1.90. The molecule has 0 spiro atoms. The molecular formula is C16H21N3O3. The van der Waals surface area contributed by atoms with Crippen LogP contribution in [0.3, 0.4) is 0 Å². The molecule has 0 radical (unpaired) electrons. The summed E-state index contributed by atoms with van der Waals surface area (Å²) in [6.45, 7) is 4.86. The van der Waals surface area contributed by atoms with E-state index in [2.05, 4.69) is 15.5 Å². The van der Waals surface area contributed by atoms with Crippen LogP contribution in [0.15, 0.2) is 28.8 Å². The van der Waals surface area contributed by atoms with E-state index in [0.717, 1.165) is 5.56 Å². The van der Waals surface area contributed by atoms with Gasteiger partial charge in [-0.2, -0.15) is 4.98 Å². The summed E-state index contributed by atoms with van der Waals surface area (Å²) in [4.78, 5) is 16.5. The summed E-state index contributed by atoms with van der Waals surface area (Å²) in [5, 5.41) is 6.76. The molecule has 1 aromatic heterocycles. The van der Waals surface area contributed by atoms with Crippen LogP contribution in [0.5, 0.6) is 0 Å². The number of benzene rings is 1. The third-order valence-electron chi connectivity index (χ3n) is 3.19. The van der Waals surface area contributed by atoms with E-state index in [1.165, 1.54) is 0 Å². The van der Waals surface area contributed by atoms with Crippen molar-refractivity contribution in [3.63, 3.8) is 0 Å². The highest BCUT2D eigenvalue weighted by Gasteiger charge is 2.12. The minimum absolute atomic E-state index is 0.128. The number of aromatic nitrogens is 2. The summed E-state index contributed by atoms with van der Waals surface area (Å²) in [6, 6.07) is 7.39. The average Bonchev–Trinajstić information content (AvgIpc) is 2.97. The van der Waals surface area contributed by atoms with Crippen molar-refractivity contribution in [1.82, 2.24) is 15.5 Å². The lowest BCUT2D eigenvalue weighted by molar-refractivity contribution is 0.0948. The molecule has 6 nitrogen and oxygen atoms in total. The van der Waals surface area contributed by atoms with Crippen LogP contribution in [0.25, 0.3) is 0 Å². The van der Waals surface area contributed by atoms with Gasteiger partial charge in [0.15, 0.2) is 5.82 Å². The van der Waals surface area contributed by atoms with Crippen molar-refractivity contribution in [1.29, 1.82) is 0 Å². The van der Waals surface area contributed by atoms with Crippen molar-refractivity contribution in [3.05, 3.63) is 47.1 Å². The third kappa shape index (κ3) is 4.14. The number of hydrogen-bond donors (Lipinski definition) is 1. The maximum Gasteiger partial charge on any atom is 0.251 e. The van der Waals surface area contributed by atoms with Gasteiger partial charge in [-0.15, -0.1) is 0 Å². The molecule has 0 fully saturated rings. The van der Waals surface area contributed by atoms with E-state index in [9.17, 15) is 4.79 Å². The number of hydrogen-bond acceptors (Lipinski definition) is 5. The zero-order chi connectivity index (χ0) is 15.9. The molecule has 6 heteroatoms. The maximum absolute atomic E-state index is 12.2. The molecule has 118 valence electrons. The first-order chi connectivity index (χ1) is 10.6. The van der Waals surface area contributed by atoms with Gasteiger partial charge in [0.05, 0.1) is 6.61 Å². The molecule has 0 saturated carbocycles. The smallest absolute Gasteiger partial charge is 0.251 e. The van der Waals surface area contributed by atoms with Crippen LogP contribution in [0.2, 0.25) is 0 Å². The van der Waals surface area contributed by atoms with E-state index in [1.807, 2.05) is 32.0 Å². The molecule has 0 bridgehead atoms. The van der Waals surface area contributed by atoms with Gasteiger partial charge in [0.1, 0.15) is 0 Å². The molecule has 0 aliphatic carbocycles. The summed E-state index contributed by atoms with van der Waals surface area (Å²) in [7, 11) is 1.61. The van der Waals surface area contributed by atoms with Gasteiger partial charge >= 0.3 is 0 Å². The van der Waals surface area contributed by atoms with Crippen LogP contribution >= 0.6 is 0 Å². The fourth-order valence-electron chi connectivity index (χ4n) is 2.01. The minimum atomic E-state index is -0.128. The summed E-state index contributed by atoms with van der Waals surface area (Å²) in [5.74, 6) is 1.32. The van der Waals surface area contributed by atoms with Crippen LogP contribution in [-0.4, -0.2) is 29.7 Å². The first-order valence-electron chi connectivity index (χ1n) is 7.29. The van der Waals surface area contributed by atoms with Crippen molar-refractivity contribution in [3.8, 4) is 0 Å². The average molecular weight is 303 g/mol. The van der Waals surface area contributed by atoms with Gasteiger partial charge in [-0.05, 0) is 11.6 Å². The molecule has 1 amide bonds. The molecule has 0 unspecified atom stereocenters. The van der Waals surface area contributed by atoms with E-state index in [0.29, 0.717) is 36.9 Å². The number of rotatable bonds is 7. The summed E-state index contributed by atoms with van der Waals surface area (Å²) in [5.41, 5.74) is 1.49. The highest BCUT2D eigenvalue weighted by Crippen LogP contribution is 2.11. The van der Waals surface area contributed by atoms with Crippen molar-refractivity contribution in [2.75, 3.05) is 13.7 Å². The number of carbonyl (C=O) groups excluding carboxylic acids is 1. The highest BCUT2D eigenvalue weighted by atomic mass is 16.5. The van der Waals surface area contributed by atoms with Crippen molar-refractivity contribution in [2.45, 2.75) is 32.8 Å². The van der Waals surface area contributed by atoms with Gasteiger partial charge in [0.25, 0.3) is 5.91 Å². The number of amides is 1. The quantitative estimate of drug-likeness (QED) is 0.849. The fraction of sp³-hybridized carbons (Fsp3) is 0.438. The molecule has 22 heavy (non-hydrogen) atoms. The second-order valence-corrected chi connectivity index (χ2v) is 5.30. The van der Waals surface area contributed by atoms with Gasteiger partial charge in [0.2, 0.25) is 5.89 Å². The van der Waals surface area contributed by atoms with Gasteiger partial charge in [0, 0.05) is 31.6 Å². The molecule has 0 aliphatic rings. The van der Waals surface area contributed by atoms with E-state index in [-0.39, 0.29) is 11.8 Å². The lowest BCUT2D eigenvalue weighted by atomic mass is 10.1. The lowest BCUT2D eigenvalue weighted by Gasteiger charge is -2.08. The molecule has 0 atom stereocenters. The van der Waals surface area contributed by atoms with Crippen LogP contribution in [0.4, 0.5) is 0 Å². The van der Waals surface area contributed by atoms with Gasteiger partial charge in [-0.25, -0.2) is 0 Å². The third-order valence-corrected chi connectivity index (χ3v) is 3.19. The number of nitrogens with one attached hydrogen (secondary N) is 1. The zero-order valence-corrected chi connectivity index (χ0v) is 13.1. The largest absolute Gasteiger partial charge is 0.380 e. The normalized spacial score (nSPS) is 10.9. The number of carbonyl (C=O) groups is 1. The summed E-state index contributed by atoms with van der Waals surface area (Å²) < 4.78 is 10.2. The Hall–Kier alpha value is -2.21. The van der Waals surface area contributed by atoms with Gasteiger partial charge in [-0.3, -0.25) is 4.79 Å². The Kier molecular flexibility index (Phi) is 5.66. The molecule has 2 aromatic rings. The van der Waals surface area contributed by atoms with Crippen molar-refractivity contribution in [2.24, 2.45) is 0 Å². The first kappa shape index (κ1) is 16.2. The maximum atomic E-state index is 12.2. The molecule has 2 rings (SSSR count). The van der Waals surface area contributed by atoms with E-state index < -0.39 is 0 Å². The Bertz CT molecular complexity index is 623. The van der Waals surface area contributed by atoms with Crippen LogP contribution in [-0.2, 0) is 17.8 Å². The summed E-state index contributed by atoms with van der Waals surface area (Å²) >= 11 is 0. The SMILES string of the molecule is COCc1ccccc1C(=O)NCCc1nc(C(C)C)no1. The highest BCUT2D eigenvalue weighted by molar-refractivity contribution is 5.95. The molecule has 1 heterocycles. The second-order valence-electron chi connectivity index (χ2n) is 5.30. The minimum Gasteiger partial charge on any atom is -0.380 e. The Morgan fingerprint density at radius 1 is 1.36 bits per heavy atom. The Morgan fingerprint density at radius 3 is 2.82 bits per heavy atom. The molecular weight excluding hydrogens is 282 g/mol. The standard InChI is InChI=1S/C16H21N3O3/c1-11(2)15-18-14(22-19-15)8-9-17-16(20)13-7-5-4-6-12(13)10-21-3/h4-7,11H,8-10H2,1-3H3,(H,17,20). The van der Waals surface area contributed by atoms with Crippen molar-refractivity contribution >= 4 is 5.91 Å². The topological polar surface area (TPSA) is 77.2 Å². The van der Waals surface area contributed by atoms with Crippen LogP contribution < -0.4 is 5.32 Å². The number of nitrogens with zero attached hydrogens (tertiary/aromatic N) is 2.